The second-order valence-electron chi connectivity index (χ2n) is 6.92. The van der Waals surface area contributed by atoms with E-state index in [0.29, 0.717) is 0 Å². The molecule has 0 saturated heterocycles. The lowest BCUT2D eigenvalue weighted by atomic mass is 10.0. The van der Waals surface area contributed by atoms with Crippen LogP contribution < -0.4 is 22.0 Å². The molecule has 2 aromatic carbocycles. The first-order valence-electron chi connectivity index (χ1n) is 9.20. The molecule has 0 aliphatic carbocycles. The normalized spacial score (nSPS) is 14.5. The summed E-state index contributed by atoms with van der Waals surface area (Å²) in [6.45, 7) is -0.0444. The Kier molecular flexibility index (Phi) is 4.02. The summed E-state index contributed by atoms with van der Waals surface area (Å²) in [6.07, 6.45) is 4.44. The Bertz CT molecular complexity index is 1450. The van der Waals surface area contributed by atoms with E-state index in [1.807, 2.05) is 30.3 Å². The third-order valence-corrected chi connectivity index (χ3v) is 5.22. The van der Waals surface area contributed by atoms with Gasteiger partial charge in [0.15, 0.2) is 5.76 Å². The summed E-state index contributed by atoms with van der Waals surface area (Å²) in [5.74, 6) is 0.274. The average molecular weight is 405 g/mol. The minimum absolute atomic E-state index is 0.0444. The van der Waals surface area contributed by atoms with Gasteiger partial charge in [-0.05, 0) is 5.56 Å². The van der Waals surface area contributed by atoms with Gasteiger partial charge in [-0.3, -0.25) is 23.7 Å². The van der Waals surface area contributed by atoms with Gasteiger partial charge in [-0.2, -0.15) is 0 Å². The second-order valence-corrected chi connectivity index (χ2v) is 6.92. The number of hydrogen-bond acceptors (Lipinski definition) is 6. The summed E-state index contributed by atoms with van der Waals surface area (Å²) >= 11 is 0. The molecular weight excluding hydrogens is 390 g/mol. The van der Waals surface area contributed by atoms with E-state index in [9.17, 15) is 19.2 Å². The summed E-state index contributed by atoms with van der Waals surface area (Å²) in [7, 11) is 0. The first kappa shape index (κ1) is 17.9. The Morgan fingerprint density at radius 1 is 0.900 bits per heavy atom. The minimum Gasteiger partial charge on any atom is -0.462 e. The summed E-state index contributed by atoms with van der Waals surface area (Å²) in [4.78, 5) is 57.7. The van der Waals surface area contributed by atoms with Crippen LogP contribution in [0.15, 0.2) is 73.9 Å². The predicted molar refractivity (Wildman–Crippen MR) is 109 cm³/mol. The maximum absolute atomic E-state index is 13.2. The molecule has 5 rings (SSSR count). The van der Waals surface area contributed by atoms with E-state index in [0.717, 1.165) is 10.1 Å². The van der Waals surface area contributed by atoms with Gasteiger partial charge in [0.2, 0.25) is 17.7 Å². The van der Waals surface area contributed by atoms with Gasteiger partial charge in [0.1, 0.15) is 34.1 Å². The van der Waals surface area contributed by atoms with Crippen molar-refractivity contribution in [1.29, 1.82) is 0 Å². The van der Waals surface area contributed by atoms with Crippen molar-refractivity contribution in [3.63, 3.8) is 0 Å². The topological polar surface area (TPSA) is 123 Å². The van der Waals surface area contributed by atoms with E-state index < -0.39 is 38.8 Å². The third kappa shape index (κ3) is 2.55. The second kappa shape index (κ2) is 6.73. The highest BCUT2D eigenvalue weighted by Crippen LogP contribution is 2.25. The molecule has 2 N–H and O–H groups in total. The molecule has 150 valence electrons. The van der Waals surface area contributed by atoms with Crippen LogP contribution in [0.25, 0.3) is 21.8 Å². The summed E-state index contributed by atoms with van der Waals surface area (Å²) in [5, 5.41) is -0.850. The highest BCUT2D eigenvalue weighted by Gasteiger charge is 2.30. The first-order valence-corrected chi connectivity index (χ1v) is 9.20. The van der Waals surface area contributed by atoms with Crippen molar-refractivity contribution in [3.8, 4) is 0 Å². The van der Waals surface area contributed by atoms with Crippen molar-refractivity contribution >= 4 is 21.8 Å². The predicted octanol–water partition coefficient (Wildman–Crippen LogP) is 0.959. The van der Waals surface area contributed by atoms with E-state index in [4.69, 9.17) is 9.47 Å². The maximum atomic E-state index is 13.2. The van der Waals surface area contributed by atoms with E-state index in [1.165, 1.54) is 18.7 Å². The SMILES string of the molecule is O=c1c2[nH]cc[nH]c2c(=O)c2c(=O)n(C(Cc3ccccc3)C3=COCO3)c(=O)c12. The first-order chi connectivity index (χ1) is 14.6. The number of rotatable bonds is 4. The van der Waals surface area contributed by atoms with Crippen molar-refractivity contribution in [2.45, 2.75) is 12.5 Å². The molecule has 1 unspecified atom stereocenters. The molecule has 0 fully saturated rings. The lowest BCUT2D eigenvalue weighted by Crippen LogP contribution is -2.33. The molecule has 0 radical (unpaired) electrons. The Morgan fingerprint density at radius 2 is 1.50 bits per heavy atom. The molecule has 9 heteroatoms. The van der Waals surface area contributed by atoms with Crippen LogP contribution in [0.1, 0.15) is 11.6 Å². The van der Waals surface area contributed by atoms with Crippen LogP contribution in [-0.4, -0.2) is 21.3 Å². The standard InChI is InChI=1S/C21H15N3O6/c25-18-14-15(19(26)17-16(18)22-6-7-23-17)21(28)24(20(14)27)12(13-9-29-10-30-13)8-11-4-2-1-3-5-11/h1-7,9,12,22-23H,8,10H2. The lowest BCUT2D eigenvalue weighted by Gasteiger charge is -2.17. The van der Waals surface area contributed by atoms with Gasteiger partial charge in [0.25, 0.3) is 11.1 Å². The molecule has 0 spiro atoms. The highest BCUT2D eigenvalue weighted by atomic mass is 16.7. The monoisotopic (exact) mass is 405 g/mol. The van der Waals surface area contributed by atoms with Crippen LogP contribution in [-0.2, 0) is 15.9 Å². The zero-order valence-electron chi connectivity index (χ0n) is 15.5. The van der Waals surface area contributed by atoms with Gasteiger partial charge in [-0.15, -0.1) is 0 Å². The smallest absolute Gasteiger partial charge is 0.266 e. The summed E-state index contributed by atoms with van der Waals surface area (Å²) < 4.78 is 11.5. The summed E-state index contributed by atoms with van der Waals surface area (Å²) in [6, 6.07) is 8.34. The van der Waals surface area contributed by atoms with Crippen molar-refractivity contribution in [2.75, 3.05) is 6.79 Å². The van der Waals surface area contributed by atoms with Gasteiger partial charge >= 0.3 is 0 Å². The molecule has 2 aromatic heterocycles. The van der Waals surface area contributed by atoms with Crippen LogP contribution >= 0.6 is 0 Å². The number of benzene rings is 2. The maximum Gasteiger partial charge on any atom is 0.266 e. The fourth-order valence-electron chi connectivity index (χ4n) is 3.84. The van der Waals surface area contributed by atoms with Crippen molar-refractivity contribution < 1.29 is 9.47 Å². The third-order valence-electron chi connectivity index (χ3n) is 5.22. The molecular formula is C21H15N3O6. The number of ether oxygens (including phenoxy) is 2. The number of hydrogen-bond donors (Lipinski definition) is 2. The molecule has 9 nitrogen and oxygen atoms in total. The number of nitrogens with one attached hydrogen (secondary N) is 2. The Labute approximate surface area is 167 Å². The van der Waals surface area contributed by atoms with Gasteiger partial charge in [-0.25, -0.2) is 0 Å². The van der Waals surface area contributed by atoms with Gasteiger partial charge in [-0.1, -0.05) is 30.3 Å². The molecule has 0 amide bonds. The Hall–Kier alpha value is -4.14. The van der Waals surface area contributed by atoms with Crippen LogP contribution in [0, 0.1) is 0 Å². The number of H-pyrrole nitrogens is 2. The Balaban J connectivity index is 1.83. The minimum atomic E-state index is -0.864. The molecule has 30 heavy (non-hydrogen) atoms. The molecule has 4 aromatic rings. The van der Waals surface area contributed by atoms with E-state index >= 15 is 0 Å². The Morgan fingerprint density at radius 3 is 2.03 bits per heavy atom. The van der Waals surface area contributed by atoms with E-state index in [1.54, 1.807) is 0 Å². The zero-order valence-corrected chi connectivity index (χ0v) is 15.5. The number of nitrogens with zero attached hydrogens (tertiary/aromatic N) is 1. The van der Waals surface area contributed by atoms with Crippen LogP contribution in [0.2, 0.25) is 0 Å². The van der Waals surface area contributed by atoms with Gasteiger partial charge in [0, 0.05) is 18.8 Å². The number of aromatic amines is 2. The number of allylic oxidation sites excluding steroid dienone is 1. The van der Waals surface area contributed by atoms with Crippen molar-refractivity contribution in [1.82, 2.24) is 14.5 Å². The van der Waals surface area contributed by atoms with Crippen LogP contribution in [0.3, 0.4) is 0 Å². The molecule has 0 saturated carbocycles. The fourth-order valence-corrected chi connectivity index (χ4v) is 3.84. The molecule has 0 bridgehead atoms. The highest BCUT2D eigenvalue weighted by molar-refractivity contribution is 5.94. The molecule has 1 atom stereocenters. The van der Waals surface area contributed by atoms with Crippen LogP contribution in [0.4, 0.5) is 0 Å². The summed E-state index contributed by atoms with van der Waals surface area (Å²) in [5.41, 5.74) is -2.32. The zero-order chi connectivity index (χ0) is 20.8. The average Bonchev–Trinajstić information content (AvgIpc) is 3.38. The van der Waals surface area contributed by atoms with E-state index in [-0.39, 0.29) is 30.0 Å². The molecule has 1 aliphatic rings. The van der Waals surface area contributed by atoms with Crippen LogP contribution in [0.5, 0.6) is 0 Å². The quantitative estimate of drug-likeness (QED) is 0.521. The van der Waals surface area contributed by atoms with Gasteiger partial charge < -0.3 is 19.4 Å². The molecule has 3 heterocycles. The van der Waals surface area contributed by atoms with Gasteiger partial charge in [0.05, 0.1) is 0 Å². The lowest BCUT2D eigenvalue weighted by molar-refractivity contribution is 0.0708. The number of fused-ring (bicyclic) bond motifs is 2. The number of aromatic nitrogens is 3. The van der Waals surface area contributed by atoms with Crippen molar-refractivity contribution in [2.24, 2.45) is 0 Å². The molecule has 1 aliphatic heterocycles. The van der Waals surface area contributed by atoms with E-state index in [2.05, 4.69) is 9.97 Å². The van der Waals surface area contributed by atoms with Crippen molar-refractivity contribution in [3.05, 3.63) is 101 Å². The fraction of sp³-hybridized carbons (Fsp3) is 0.143. The largest absolute Gasteiger partial charge is 0.462 e.